The van der Waals surface area contributed by atoms with Gasteiger partial charge in [-0.1, -0.05) is 314 Å². The number of carbonyl (C=O) groups excluding carboxylic acids is 2. The maximum atomic E-state index is 12.5. The highest BCUT2D eigenvalue weighted by Crippen LogP contribution is 2.18. The highest BCUT2D eigenvalue weighted by Gasteiger charge is 2.18. The average Bonchev–Trinajstić information content (AvgIpc) is 3.39. The molecule has 0 heterocycles. The van der Waals surface area contributed by atoms with Gasteiger partial charge in [0.25, 0.3) is 0 Å². The van der Waals surface area contributed by atoms with Gasteiger partial charge in [0.2, 0.25) is 5.91 Å². The first kappa shape index (κ1) is 71.1. The number of amides is 1. The highest BCUT2D eigenvalue weighted by atomic mass is 16.5. The zero-order valence-electron chi connectivity index (χ0n) is 49.1. The molecule has 430 valence electrons. The number of allylic oxidation sites excluding steroid dienone is 5. The van der Waals surface area contributed by atoms with Gasteiger partial charge in [0.05, 0.1) is 25.4 Å². The predicted molar refractivity (Wildman–Crippen MR) is 319 cm³/mol. The summed E-state index contributed by atoms with van der Waals surface area (Å²) < 4.78 is 5.50. The molecule has 0 aliphatic heterocycles. The number of aliphatic hydroxyl groups excluding tert-OH is 2. The molecule has 0 rings (SSSR count). The second-order valence-corrected chi connectivity index (χ2v) is 22.5. The molecule has 0 saturated heterocycles. The van der Waals surface area contributed by atoms with E-state index >= 15 is 0 Å². The third kappa shape index (κ3) is 59.2. The van der Waals surface area contributed by atoms with Gasteiger partial charge in [0, 0.05) is 12.8 Å². The molecule has 2 atom stereocenters. The maximum absolute atomic E-state index is 12.5. The number of rotatable bonds is 61. The van der Waals surface area contributed by atoms with Crippen molar-refractivity contribution in [2.75, 3.05) is 13.2 Å². The molecule has 0 aromatic heterocycles. The largest absolute Gasteiger partial charge is 0.466 e. The van der Waals surface area contributed by atoms with E-state index in [1.165, 1.54) is 276 Å². The van der Waals surface area contributed by atoms with Crippen LogP contribution >= 0.6 is 0 Å². The van der Waals surface area contributed by atoms with Crippen molar-refractivity contribution in [3.8, 4) is 0 Å². The molecule has 0 saturated carbocycles. The lowest BCUT2D eigenvalue weighted by molar-refractivity contribution is -0.143. The second-order valence-electron chi connectivity index (χ2n) is 22.5. The van der Waals surface area contributed by atoms with Gasteiger partial charge in [-0.2, -0.15) is 0 Å². The van der Waals surface area contributed by atoms with Crippen LogP contribution in [0.1, 0.15) is 354 Å². The average molecular weight is 1030 g/mol. The Morgan fingerprint density at radius 3 is 1.07 bits per heavy atom. The van der Waals surface area contributed by atoms with E-state index in [-0.39, 0.29) is 18.5 Å². The van der Waals surface area contributed by atoms with E-state index in [2.05, 4.69) is 43.5 Å². The van der Waals surface area contributed by atoms with Crippen molar-refractivity contribution in [2.24, 2.45) is 0 Å². The predicted octanol–water partition coefficient (Wildman–Crippen LogP) is 20.8. The van der Waals surface area contributed by atoms with Crippen LogP contribution in [0.4, 0.5) is 0 Å². The minimum absolute atomic E-state index is 0.00494. The number of esters is 1. The van der Waals surface area contributed by atoms with E-state index < -0.39 is 12.1 Å². The van der Waals surface area contributed by atoms with Gasteiger partial charge >= 0.3 is 5.97 Å². The first-order valence-electron chi connectivity index (χ1n) is 32.8. The van der Waals surface area contributed by atoms with Gasteiger partial charge in [0.1, 0.15) is 0 Å². The molecule has 1 amide bonds. The standard InChI is InChI=1S/C67H127NO5/c1-3-5-7-9-11-13-15-17-19-21-24-29-33-37-41-45-49-53-57-61-67(72)73-62-58-54-50-46-42-38-34-30-26-23-25-28-32-36-40-44-48-52-56-60-66(71)68-64(63-69)65(70)59-55-51-47-43-39-35-31-27-22-20-18-16-14-12-10-8-6-4-2/h11,13,17,19,55,59,64-65,69-70H,3-10,12,14-16,18,20-54,56-58,60-63H2,1-2H3,(H,68,71)/b13-11-,19-17-,59-55+. The second kappa shape index (κ2) is 62.6. The van der Waals surface area contributed by atoms with Crippen LogP contribution in [0.25, 0.3) is 0 Å². The Kier molecular flexibility index (Phi) is 61.0. The summed E-state index contributed by atoms with van der Waals surface area (Å²) in [6, 6.07) is -0.631. The summed E-state index contributed by atoms with van der Waals surface area (Å²) in [7, 11) is 0. The molecule has 73 heavy (non-hydrogen) atoms. The van der Waals surface area contributed by atoms with E-state index in [1.807, 2.05) is 6.08 Å². The molecule has 6 heteroatoms. The number of unbranched alkanes of at least 4 members (excludes halogenated alkanes) is 46. The first-order chi connectivity index (χ1) is 36.0. The summed E-state index contributed by atoms with van der Waals surface area (Å²) in [6.07, 6.45) is 79.0. The van der Waals surface area contributed by atoms with Crippen molar-refractivity contribution in [2.45, 2.75) is 366 Å². The summed E-state index contributed by atoms with van der Waals surface area (Å²) in [5, 5.41) is 23.2. The summed E-state index contributed by atoms with van der Waals surface area (Å²) in [4.78, 5) is 24.6. The van der Waals surface area contributed by atoms with Crippen LogP contribution in [-0.2, 0) is 14.3 Å². The number of aliphatic hydroxyl groups is 2. The van der Waals surface area contributed by atoms with Crippen LogP contribution in [0.5, 0.6) is 0 Å². The number of ether oxygens (including phenoxy) is 1. The Labute approximate surface area is 455 Å². The van der Waals surface area contributed by atoms with Crippen molar-refractivity contribution < 1.29 is 24.5 Å². The minimum Gasteiger partial charge on any atom is -0.466 e. The van der Waals surface area contributed by atoms with Crippen molar-refractivity contribution in [1.29, 1.82) is 0 Å². The van der Waals surface area contributed by atoms with Crippen LogP contribution in [0.3, 0.4) is 0 Å². The van der Waals surface area contributed by atoms with E-state index in [1.54, 1.807) is 6.08 Å². The normalized spacial score (nSPS) is 12.8. The number of nitrogens with one attached hydrogen (secondary N) is 1. The third-order valence-corrected chi connectivity index (χ3v) is 15.2. The molecular formula is C67H127NO5. The van der Waals surface area contributed by atoms with Gasteiger partial charge in [-0.25, -0.2) is 0 Å². The van der Waals surface area contributed by atoms with E-state index in [0.29, 0.717) is 19.4 Å². The quantitative estimate of drug-likeness (QED) is 0.0320. The molecule has 0 aliphatic rings. The van der Waals surface area contributed by atoms with Crippen molar-refractivity contribution in [3.05, 3.63) is 36.5 Å². The fourth-order valence-corrected chi connectivity index (χ4v) is 10.1. The van der Waals surface area contributed by atoms with Crippen LogP contribution in [0.15, 0.2) is 36.5 Å². The zero-order chi connectivity index (χ0) is 52.9. The Balaban J connectivity index is 3.41. The van der Waals surface area contributed by atoms with Gasteiger partial charge in [-0.05, 0) is 64.2 Å². The summed E-state index contributed by atoms with van der Waals surface area (Å²) >= 11 is 0. The summed E-state index contributed by atoms with van der Waals surface area (Å²) in [5.41, 5.74) is 0. The van der Waals surface area contributed by atoms with Crippen LogP contribution < -0.4 is 5.32 Å². The molecule has 0 radical (unpaired) electrons. The summed E-state index contributed by atoms with van der Waals surface area (Å²) in [5.74, 6) is -0.0635. The smallest absolute Gasteiger partial charge is 0.305 e. The molecule has 2 unspecified atom stereocenters. The fourth-order valence-electron chi connectivity index (χ4n) is 10.1. The number of hydrogen-bond acceptors (Lipinski definition) is 5. The van der Waals surface area contributed by atoms with Crippen LogP contribution in [0, 0.1) is 0 Å². The summed E-state index contributed by atoms with van der Waals surface area (Å²) in [6.45, 7) is 4.90. The number of hydrogen-bond donors (Lipinski definition) is 3. The maximum Gasteiger partial charge on any atom is 0.305 e. The van der Waals surface area contributed by atoms with Crippen LogP contribution in [0.2, 0.25) is 0 Å². The Morgan fingerprint density at radius 1 is 0.384 bits per heavy atom. The molecule has 6 nitrogen and oxygen atoms in total. The lowest BCUT2D eigenvalue weighted by Crippen LogP contribution is -2.45. The van der Waals surface area contributed by atoms with E-state index in [0.717, 1.165) is 51.4 Å². The Hall–Kier alpha value is -1.92. The van der Waals surface area contributed by atoms with Crippen molar-refractivity contribution in [3.63, 3.8) is 0 Å². The van der Waals surface area contributed by atoms with Gasteiger partial charge in [0.15, 0.2) is 0 Å². The molecule has 0 aromatic rings. The lowest BCUT2D eigenvalue weighted by atomic mass is 10.0. The highest BCUT2D eigenvalue weighted by molar-refractivity contribution is 5.76. The SMILES string of the molecule is CCCCC/C=C\C/C=C\CCCCCCCCCCCC(=O)OCCCCCCCCCCCCCCCCCCCCCC(=O)NC(CO)C(O)/C=C/CCCCCCCCCCCCCCCCCC. The van der Waals surface area contributed by atoms with Crippen LogP contribution in [-0.4, -0.2) is 47.4 Å². The fraction of sp³-hybridized carbons (Fsp3) is 0.881. The molecular weight excluding hydrogens is 899 g/mol. The molecule has 0 aromatic carbocycles. The third-order valence-electron chi connectivity index (χ3n) is 15.2. The van der Waals surface area contributed by atoms with Gasteiger partial charge in [-0.3, -0.25) is 9.59 Å². The van der Waals surface area contributed by atoms with Gasteiger partial charge in [-0.15, -0.1) is 0 Å². The lowest BCUT2D eigenvalue weighted by Gasteiger charge is -2.20. The minimum atomic E-state index is -0.847. The molecule has 0 bridgehead atoms. The van der Waals surface area contributed by atoms with Crippen molar-refractivity contribution >= 4 is 11.9 Å². The Bertz CT molecular complexity index is 1180. The Morgan fingerprint density at radius 2 is 0.685 bits per heavy atom. The topological polar surface area (TPSA) is 95.9 Å². The molecule has 0 fully saturated rings. The van der Waals surface area contributed by atoms with Crippen molar-refractivity contribution in [1.82, 2.24) is 5.32 Å². The van der Waals surface area contributed by atoms with Gasteiger partial charge < -0.3 is 20.3 Å². The molecule has 0 spiro atoms. The molecule has 3 N–H and O–H groups in total. The molecule has 0 aliphatic carbocycles. The number of carbonyl (C=O) groups is 2. The van der Waals surface area contributed by atoms with E-state index in [9.17, 15) is 19.8 Å². The monoisotopic (exact) mass is 1030 g/mol. The first-order valence-corrected chi connectivity index (χ1v) is 32.8. The zero-order valence-corrected chi connectivity index (χ0v) is 49.1. The van der Waals surface area contributed by atoms with E-state index in [4.69, 9.17) is 4.74 Å².